The van der Waals surface area contributed by atoms with Crippen LogP contribution in [-0.2, 0) is 6.42 Å². The summed E-state index contributed by atoms with van der Waals surface area (Å²) in [5.74, 6) is 0.310. The molecule has 2 N–H and O–H groups in total. The highest BCUT2D eigenvalue weighted by Gasteiger charge is 2.22. The number of halogens is 1. The van der Waals surface area contributed by atoms with E-state index in [-0.39, 0.29) is 17.8 Å². The van der Waals surface area contributed by atoms with Crippen molar-refractivity contribution in [2.45, 2.75) is 25.3 Å². The maximum absolute atomic E-state index is 13.3. The van der Waals surface area contributed by atoms with Crippen LogP contribution in [0.5, 0.6) is 0 Å². The van der Waals surface area contributed by atoms with Crippen LogP contribution >= 0.6 is 0 Å². The molecule has 0 radical (unpaired) electrons. The lowest BCUT2D eigenvalue weighted by Crippen LogP contribution is -2.07. The Bertz CT molecular complexity index is 885. The highest BCUT2D eigenvalue weighted by atomic mass is 19.1. The van der Waals surface area contributed by atoms with Crippen molar-refractivity contribution < 1.29 is 8.81 Å². The summed E-state index contributed by atoms with van der Waals surface area (Å²) in [6.07, 6.45) is 6.58. The van der Waals surface area contributed by atoms with Crippen LogP contribution in [0.25, 0.3) is 6.08 Å². The first-order valence-electron chi connectivity index (χ1n) is 7.75. The average molecular weight is 325 g/mol. The van der Waals surface area contributed by atoms with Crippen molar-refractivity contribution in [3.8, 4) is 0 Å². The number of benzene rings is 1. The number of hydrogen-bond acceptors (Lipinski definition) is 5. The Morgan fingerprint density at radius 1 is 1.38 bits per heavy atom. The van der Waals surface area contributed by atoms with E-state index in [1.807, 2.05) is 31.3 Å². The van der Waals surface area contributed by atoms with Crippen LogP contribution in [0.1, 0.15) is 41.6 Å². The van der Waals surface area contributed by atoms with Crippen LogP contribution < -0.4 is 5.32 Å². The standard InChI is InChI=1S/C17H16FN5O/c1-10(11-3-2-4-14(18)8-11)20-17-23-22-16(24-17)12-5-6-15-13(7-12)9-19-21-15/h2-6,8-10,12H,7H2,1H3,(H,19,21)(H,20,23)/t10-,12?/m1/s1. The Morgan fingerprint density at radius 3 is 3.17 bits per heavy atom. The monoisotopic (exact) mass is 325 g/mol. The van der Waals surface area contributed by atoms with Crippen LogP contribution in [-0.4, -0.2) is 20.4 Å². The molecule has 122 valence electrons. The van der Waals surface area contributed by atoms with Gasteiger partial charge in [-0.15, -0.1) is 5.10 Å². The van der Waals surface area contributed by atoms with E-state index >= 15 is 0 Å². The van der Waals surface area contributed by atoms with Crippen LogP contribution in [0.2, 0.25) is 0 Å². The molecule has 0 spiro atoms. The number of rotatable bonds is 4. The van der Waals surface area contributed by atoms with Gasteiger partial charge in [-0.3, -0.25) is 5.10 Å². The first-order chi connectivity index (χ1) is 11.7. The van der Waals surface area contributed by atoms with Crippen LogP contribution in [0.3, 0.4) is 0 Å². The lowest BCUT2D eigenvalue weighted by molar-refractivity contribution is 0.478. The first kappa shape index (κ1) is 14.6. The summed E-state index contributed by atoms with van der Waals surface area (Å²) in [6.45, 7) is 1.91. The highest BCUT2D eigenvalue weighted by molar-refractivity contribution is 5.53. The Kier molecular flexibility index (Phi) is 3.60. The molecule has 1 aliphatic carbocycles. The van der Waals surface area contributed by atoms with Crippen molar-refractivity contribution in [1.82, 2.24) is 20.4 Å². The van der Waals surface area contributed by atoms with Crippen molar-refractivity contribution in [2.24, 2.45) is 0 Å². The molecule has 1 aromatic carbocycles. The molecule has 1 unspecified atom stereocenters. The van der Waals surface area contributed by atoms with E-state index in [0.29, 0.717) is 11.9 Å². The van der Waals surface area contributed by atoms with Crippen LogP contribution in [0.15, 0.2) is 41.0 Å². The number of fused-ring (bicyclic) bond motifs is 1. The summed E-state index contributed by atoms with van der Waals surface area (Å²) < 4.78 is 19.0. The fourth-order valence-corrected chi connectivity index (χ4v) is 2.80. The van der Waals surface area contributed by atoms with Crippen LogP contribution in [0.4, 0.5) is 10.4 Å². The van der Waals surface area contributed by atoms with Crippen molar-refractivity contribution in [3.05, 3.63) is 65.1 Å². The molecule has 4 rings (SSSR count). The summed E-state index contributed by atoms with van der Waals surface area (Å²) >= 11 is 0. The molecule has 2 aromatic heterocycles. The molecule has 0 saturated carbocycles. The minimum Gasteiger partial charge on any atom is -0.407 e. The molecule has 0 amide bonds. The Hall–Kier alpha value is -2.96. The Morgan fingerprint density at radius 2 is 2.29 bits per heavy atom. The molecule has 7 heteroatoms. The first-order valence-corrected chi connectivity index (χ1v) is 7.75. The summed E-state index contributed by atoms with van der Waals surface area (Å²) in [7, 11) is 0. The molecule has 24 heavy (non-hydrogen) atoms. The summed E-state index contributed by atoms with van der Waals surface area (Å²) in [6, 6.07) is 6.61. The second-order valence-electron chi connectivity index (χ2n) is 5.85. The summed E-state index contributed by atoms with van der Waals surface area (Å²) in [5, 5.41) is 18.2. The summed E-state index contributed by atoms with van der Waals surface area (Å²) in [5.41, 5.74) is 2.96. The third-order valence-electron chi connectivity index (χ3n) is 4.13. The SMILES string of the molecule is C[C@@H](Nc1nnc(C2C=Cc3[nH]ncc3C2)o1)c1cccc(F)c1. The van der Waals surface area contributed by atoms with Crippen molar-refractivity contribution in [1.29, 1.82) is 0 Å². The second kappa shape index (κ2) is 5.92. The number of nitrogens with one attached hydrogen (secondary N) is 2. The van der Waals surface area contributed by atoms with Crippen LogP contribution in [0, 0.1) is 5.82 Å². The van der Waals surface area contributed by atoms with Crippen molar-refractivity contribution in [3.63, 3.8) is 0 Å². The molecule has 1 aliphatic rings. The van der Waals surface area contributed by atoms with E-state index in [1.54, 1.807) is 6.07 Å². The van der Waals surface area contributed by atoms with E-state index < -0.39 is 0 Å². The number of nitrogens with zero attached hydrogens (tertiary/aromatic N) is 3. The van der Waals surface area contributed by atoms with E-state index in [0.717, 1.165) is 23.2 Å². The smallest absolute Gasteiger partial charge is 0.315 e. The minimum absolute atomic E-state index is 0.0302. The van der Waals surface area contributed by atoms with Gasteiger partial charge in [-0.2, -0.15) is 5.10 Å². The van der Waals surface area contributed by atoms with Crippen molar-refractivity contribution >= 4 is 12.1 Å². The zero-order valence-corrected chi connectivity index (χ0v) is 13.0. The molecule has 0 bridgehead atoms. The third kappa shape index (κ3) is 2.80. The average Bonchev–Trinajstić information content (AvgIpc) is 3.23. The fourth-order valence-electron chi connectivity index (χ4n) is 2.80. The number of hydrogen-bond donors (Lipinski definition) is 2. The minimum atomic E-state index is -0.268. The Labute approximate surface area is 137 Å². The zero-order chi connectivity index (χ0) is 16.5. The molecule has 6 nitrogen and oxygen atoms in total. The maximum Gasteiger partial charge on any atom is 0.315 e. The van der Waals surface area contributed by atoms with Gasteiger partial charge in [-0.25, -0.2) is 4.39 Å². The normalized spacial score (nSPS) is 17.5. The number of H-pyrrole nitrogens is 1. The van der Waals surface area contributed by atoms with Gasteiger partial charge in [-0.05, 0) is 42.7 Å². The largest absolute Gasteiger partial charge is 0.407 e. The quantitative estimate of drug-likeness (QED) is 0.768. The molecule has 2 atom stereocenters. The molecule has 0 aliphatic heterocycles. The van der Waals surface area contributed by atoms with E-state index in [9.17, 15) is 4.39 Å². The van der Waals surface area contributed by atoms with Gasteiger partial charge < -0.3 is 9.73 Å². The molecule has 2 heterocycles. The number of aromatic amines is 1. The molecular formula is C17H16FN5O. The lowest BCUT2D eigenvalue weighted by Gasteiger charge is -2.13. The van der Waals surface area contributed by atoms with E-state index in [4.69, 9.17) is 4.42 Å². The van der Waals surface area contributed by atoms with E-state index in [1.165, 1.54) is 12.1 Å². The fraction of sp³-hybridized carbons (Fsp3) is 0.235. The van der Waals surface area contributed by atoms with Gasteiger partial charge in [0, 0.05) is 0 Å². The predicted molar refractivity (Wildman–Crippen MR) is 86.8 cm³/mol. The molecule has 0 saturated heterocycles. The number of anilines is 1. The third-order valence-corrected chi connectivity index (χ3v) is 4.13. The van der Waals surface area contributed by atoms with Gasteiger partial charge in [0.2, 0.25) is 5.89 Å². The van der Waals surface area contributed by atoms with Crippen molar-refractivity contribution in [2.75, 3.05) is 5.32 Å². The predicted octanol–water partition coefficient (Wildman–Crippen LogP) is 3.46. The van der Waals surface area contributed by atoms with Gasteiger partial charge in [-0.1, -0.05) is 23.3 Å². The van der Waals surface area contributed by atoms with Gasteiger partial charge >= 0.3 is 6.01 Å². The molecular weight excluding hydrogens is 309 g/mol. The lowest BCUT2D eigenvalue weighted by atomic mass is 9.94. The highest BCUT2D eigenvalue weighted by Crippen LogP contribution is 2.29. The summed E-state index contributed by atoms with van der Waals surface area (Å²) in [4.78, 5) is 0. The Balaban J connectivity index is 1.47. The molecule has 0 fully saturated rings. The van der Waals surface area contributed by atoms with Gasteiger partial charge in [0.15, 0.2) is 0 Å². The van der Waals surface area contributed by atoms with E-state index in [2.05, 4.69) is 25.7 Å². The molecule has 3 aromatic rings. The van der Waals surface area contributed by atoms with Gasteiger partial charge in [0.25, 0.3) is 0 Å². The zero-order valence-electron chi connectivity index (χ0n) is 13.0. The second-order valence-corrected chi connectivity index (χ2v) is 5.85. The number of aromatic nitrogens is 4. The number of allylic oxidation sites excluding steroid dienone is 1. The van der Waals surface area contributed by atoms with Gasteiger partial charge in [0.1, 0.15) is 5.82 Å². The maximum atomic E-state index is 13.3. The van der Waals surface area contributed by atoms with Gasteiger partial charge in [0.05, 0.1) is 23.9 Å². The topological polar surface area (TPSA) is 79.6 Å².